The van der Waals surface area contributed by atoms with E-state index in [-0.39, 0.29) is 0 Å². The van der Waals surface area contributed by atoms with Gasteiger partial charge >= 0.3 is 0 Å². The number of hydrogen-bond acceptors (Lipinski definition) is 4. The van der Waals surface area contributed by atoms with Crippen LogP contribution < -0.4 is 11.1 Å². The number of nitrogens with zero attached hydrogens (tertiary/aromatic N) is 2. The molecule has 1 aromatic heterocycles. The minimum Gasteiger partial charge on any atom is -0.397 e. The Labute approximate surface area is 109 Å². The lowest BCUT2D eigenvalue weighted by atomic mass is 9.82. The van der Waals surface area contributed by atoms with Crippen LogP contribution in [0.2, 0.25) is 0 Å². The Morgan fingerprint density at radius 1 is 1.28 bits per heavy atom. The second-order valence-electron chi connectivity index (χ2n) is 5.69. The average Bonchev–Trinajstić information content (AvgIpc) is 2.33. The Balaban J connectivity index is 1.66. The quantitative estimate of drug-likeness (QED) is 0.839. The minimum atomic E-state index is 0.563. The summed E-state index contributed by atoms with van der Waals surface area (Å²) in [6.45, 7) is 0. The third-order valence-electron chi connectivity index (χ3n) is 4.48. The lowest BCUT2D eigenvalue weighted by Gasteiger charge is -2.47. The third kappa shape index (κ3) is 2.29. The van der Waals surface area contributed by atoms with Crippen LogP contribution >= 0.6 is 0 Å². The summed E-state index contributed by atoms with van der Waals surface area (Å²) in [5, 5.41) is 3.56. The molecule has 2 unspecified atom stereocenters. The largest absolute Gasteiger partial charge is 0.397 e. The molecular formula is C14H22N4. The monoisotopic (exact) mass is 246 g/mol. The highest BCUT2D eigenvalue weighted by Crippen LogP contribution is 2.33. The van der Waals surface area contributed by atoms with Crippen LogP contribution in [0.4, 0.5) is 11.5 Å². The van der Waals surface area contributed by atoms with E-state index in [0.29, 0.717) is 6.04 Å². The van der Waals surface area contributed by atoms with Crippen LogP contribution in [-0.4, -0.2) is 35.1 Å². The predicted molar refractivity (Wildman–Crippen MR) is 74.5 cm³/mol. The van der Waals surface area contributed by atoms with Crippen LogP contribution in [0, 0.1) is 0 Å². The molecule has 0 saturated carbocycles. The van der Waals surface area contributed by atoms with Gasteiger partial charge in [0.15, 0.2) is 0 Å². The predicted octanol–water partition coefficient (Wildman–Crippen LogP) is 2.09. The molecule has 2 bridgehead atoms. The highest BCUT2D eigenvalue weighted by atomic mass is 15.2. The van der Waals surface area contributed by atoms with Crippen LogP contribution in [0.5, 0.6) is 0 Å². The van der Waals surface area contributed by atoms with Gasteiger partial charge < -0.3 is 16.0 Å². The number of aromatic nitrogens is 1. The summed E-state index contributed by atoms with van der Waals surface area (Å²) >= 11 is 0. The maximum atomic E-state index is 5.66. The molecule has 2 fully saturated rings. The third-order valence-corrected chi connectivity index (χ3v) is 4.48. The Hall–Kier alpha value is -1.29. The van der Waals surface area contributed by atoms with Crippen molar-refractivity contribution in [2.45, 2.75) is 50.2 Å². The van der Waals surface area contributed by atoms with E-state index in [9.17, 15) is 0 Å². The first-order valence-electron chi connectivity index (χ1n) is 6.92. The van der Waals surface area contributed by atoms with Crippen molar-refractivity contribution in [3.8, 4) is 0 Å². The van der Waals surface area contributed by atoms with Crippen LogP contribution in [0.1, 0.15) is 32.1 Å². The zero-order chi connectivity index (χ0) is 12.5. The van der Waals surface area contributed by atoms with Gasteiger partial charge in [-0.2, -0.15) is 0 Å². The lowest BCUT2D eigenvalue weighted by molar-refractivity contribution is 0.0608. The first kappa shape index (κ1) is 11.8. The van der Waals surface area contributed by atoms with Crippen LogP contribution in [0.15, 0.2) is 18.3 Å². The van der Waals surface area contributed by atoms with Crippen LogP contribution in [0.3, 0.4) is 0 Å². The lowest BCUT2D eigenvalue weighted by Crippen LogP contribution is -2.52. The summed E-state index contributed by atoms with van der Waals surface area (Å²) in [5.74, 6) is 0.955. The number of nitrogens with two attached hydrogens (primary N) is 1. The Kier molecular flexibility index (Phi) is 3.12. The molecule has 18 heavy (non-hydrogen) atoms. The molecule has 1 aromatic rings. The molecule has 2 atom stereocenters. The summed E-state index contributed by atoms with van der Waals surface area (Å²) in [6, 6.07) is 5.95. The van der Waals surface area contributed by atoms with Crippen molar-refractivity contribution in [1.29, 1.82) is 0 Å². The molecule has 3 heterocycles. The van der Waals surface area contributed by atoms with Gasteiger partial charge in [-0.05, 0) is 44.9 Å². The van der Waals surface area contributed by atoms with E-state index in [4.69, 9.17) is 5.73 Å². The summed E-state index contributed by atoms with van der Waals surface area (Å²) < 4.78 is 0. The summed E-state index contributed by atoms with van der Waals surface area (Å²) in [5.41, 5.74) is 6.38. The van der Waals surface area contributed by atoms with Crippen molar-refractivity contribution in [2.75, 3.05) is 18.1 Å². The molecule has 98 valence electrons. The first-order chi connectivity index (χ1) is 8.72. The zero-order valence-corrected chi connectivity index (χ0v) is 11.0. The number of hydrogen-bond donors (Lipinski definition) is 2. The fourth-order valence-corrected chi connectivity index (χ4v) is 3.43. The molecule has 0 aliphatic carbocycles. The molecule has 0 aromatic carbocycles. The Morgan fingerprint density at radius 3 is 2.61 bits per heavy atom. The number of fused-ring (bicyclic) bond motifs is 2. The SMILES string of the molecule is CN1C2CCCC1CC(Nc1ccc(N)cn1)C2. The normalized spacial score (nSPS) is 32.2. The fourth-order valence-electron chi connectivity index (χ4n) is 3.43. The number of nitrogen functional groups attached to an aromatic ring is 1. The van der Waals surface area contributed by atoms with Crippen molar-refractivity contribution in [1.82, 2.24) is 9.88 Å². The van der Waals surface area contributed by atoms with E-state index >= 15 is 0 Å². The summed E-state index contributed by atoms with van der Waals surface area (Å²) in [7, 11) is 2.28. The average molecular weight is 246 g/mol. The number of pyridine rings is 1. The maximum Gasteiger partial charge on any atom is 0.126 e. The molecule has 2 aliphatic heterocycles. The van der Waals surface area contributed by atoms with Gasteiger partial charge in [-0.15, -0.1) is 0 Å². The van der Waals surface area contributed by atoms with Crippen LogP contribution in [0.25, 0.3) is 0 Å². The van der Waals surface area contributed by atoms with E-state index < -0.39 is 0 Å². The molecule has 2 aliphatic rings. The van der Waals surface area contributed by atoms with Gasteiger partial charge in [-0.1, -0.05) is 6.42 Å². The van der Waals surface area contributed by atoms with E-state index in [1.165, 1.54) is 32.1 Å². The van der Waals surface area contributed by atoms with Gasteiger partial charge in [0.25, 0.3) is 0 Å². The number of piperidine rings is 2. The molecular weight excluding hydrogens is 224 g/mol. The van der Waals surface area contributed by atoms with E-state index in [2.05, 4.69) is 22.2 Å². The highest BCUT2D eigenvalue weighted by molar-refractivity contribution is 5.44. The van der Waals surface area contributed by atoms with Crippen molar-refractivity contribution in [3.63, 3.8) is 0 Å². The minimum absolute atomic E-state index is 0.563. The molecule has 0 spiro atoms. The van der Waals surface area contributed by atoms with Crippen LogP contribution in [-0.2, 0) is 0 Å². The highest BCUT2D eigenvalue weighted by Gasteiger charge is 2.35. The molecule has 3 N–H and O–H groups in total. The van der Waals surface area contributed by atoms with Crippen molar-refractivity contribution < 1.29 is 0 Å². The van der Waals surface area contributed by atoms with E-state index in [1.807, 2.05) is 12.1 Å². The fraction of sp³-hybridized carbons (Fsp3) is 0.643. The molecule has 4 nitrogen and oxygen atoms in total. The van der Waals surface area contributed by atoms with Gasteiger partial charge in [0.1, 0.15) is 5.82 Å². The van der Waals surface area contributed by atoms with E-state index in [0.717, 1.165) is 23.6 Å². The van der Waals surface area contributed by atoms with Crippen molar-refractivity contribution in [2.24, 2.45) is 0 Å². The van der Waals surface area contributed by atoms with Gasteiger partial charge in [0.05, 0.1) is 11.9 Å². The van der Waals surface area contributed by atoms with Crippen molar-refractivity contribution in [3.05, 3.63) is 18.3 Å². The first-order valence-corrected chi connectivity index (χ1v) is 6.92. The van der Waals surface area contributed by atoms with E-state index in [1.54, 1.807) is 6.20 Å². The van der Waals surface area contributed by atoms with Gasteiger partial charge in [-0.25, -0.2) is 4.98 Å². The number of rotatable bonds is 2. The smallest absolute Gasteiger partial charge is 0.126 e. The maximum absolute atomic E-state index is 5.66. The van der Waals surface area contributed by atoms with Crippen molar-refractivity contribution >= 4 is 11.5 Å². The molecule has 4 heteroatoms. The summed E-state index contributed by atoms with van der Waals surface area (Å²) in [6.07, 6.45) is 8.28. The number of nitrogens with one attached hydrogen (secondary N) is 1. The molecule has 3 rings (SSSR count). The molecule has 2 saturated heterocycles. The Morgan fingerprint density at radius 2 is 2.00 bits per heavy atom. The molecule has 0 radical (unpaired) electrons. The topological polar surface area (TPSA) is 54.2 Å². The van der Waals surface area contributed by atoms with Gasteiger partial charge in [0.2, 0.25) is 0 Å². The summed E-state index contributed by atoms with van der Waals surface area (Å²) in [4.78, 5) is 6.92. The van der Waals surface area contributed by atoms with Gasteiger partial charge in [-0.3, -0.25) is 0 Å². The number of anilines is 2. The second-order valence-corrected chi connectivity index (χ2v) is 5.69. The Bertz CT molecular complexity index is 389. The zero-order valence-electron chi connectivity index (χ0n) is 11.0. The molecule has 0 amide bonds. The standard InChI is InChI=1S/C14H22N4/c1-18-12-3-2-4-13(18)8-11(7-12)17-14-6-5-10(15)9-16-14/h5-6,9,11-13H,2-4,7-8,15H2,1H3,(H,16,17). The van der Waals surface area contributed by atoms with Gasteiger partial charge in [0, 0.05) is 18.1 Å². The second kappa shape index (κ2) is 4.76.